The molecule has 1 heterocycles. The molecular formula is C12H21NO2. The molecule has 1 aliphatic heterocycles. The van der Waals surface area contributed by atoms with Gasteiger partial charge in [0, 0.05) is 18.9 Å². The molecule has 0 saturated carbocycles. The average molecular weight is 211 g/mol. The highest BCUT2D eigenvalue weighted by atomic mass is 16.6. The van der Waals surface area contributed by atoms with Crippen LogP contribution in [0.15, 0.2) is 12.7 Å². The van der Waals surface area contributed by atoms with Gasteiger partial charge < -0.3 is 5.21 Å². The summed E-state index contributed by atoms with van der Waals surface area (Å²) in [5.74, 6) is -0.412. The predicted molar refractivity (Wildman–Crippen MR) is 60.8 cm³/mol. The van der Waals surface area contributed by atoms with Crippen molar-refractivity contribution in [2.45, 2.75) is 58.0 Å². The van der Waals surface area contributed by atoms with E-state index in [1.807, 2.05) is 27.7 Å². The van der Waals surface area contributed by atoms with Crippen LogP contribution >= 0.6 is 0 Å². The van der Waals surface area contributed by atoms with Crippen molar-refractivity contribution in [1.82, 2.24) is 0 Å². The largest absolute Gasteiger partial charge is 0.624 e. The lowest BCUT2D eigenvalue weighted by Crippen LogP contribution is -2.72. The molecule has 3 nitrogen and oxygen atoms in total. The maximum Gasteiger partial charge on any atom is 0.338 e. The SMILES string of the molecule is C=CC(=O)[N+]1([O-])C(C)(C)CCCC1(C)C. The lowest BCUT2D eigenvalue weighted by atomic mass is 9.78. The van der Waals surface area contributed by atoms with Crippen LogP contribution in [0.4, 0.5) is 0 Å². The number of amides is 1. The Balaban J connectivity index is 3.27. The Morgan fingerprint density at radius 1 is 1.27 bits per heavy atom. The summed E-state index contributed by atoms with van der Waals surface area (Å²) in [5.41, 5.74) is -1.10. The van der Waals surface area contributed by atoms with Crippen LogP contribution in [-0.2, 0) is 4.79 Å². The molecule has 0 aliphatic carbocycles. The summed E-state index contributed by atoms with van der Waals surface area (Å²) in [6.45, 7) is 11.0. The van der Waals surface area contributed by atoms with Crippen molar-refractivity contribution in [3.05, 3.63) is 17.9 Å². The first-order chi connectivity index (χ1) is 6.69. The normalized spacial score (nSPS) is 27.0. The second-order valence-corrected chi connectivity index (χ2v) is 5.63. The second-order valence-electron chi connectivity index (χ2n) is 5.63. The maximum atomic E-state index is 12.9. The molecule has 3 heteroatoms. The molecule has 0 aromatic rings. The van der Waals surface area contributed by atoms with Gasteiger partial charge in [-0.05, 0) is 34.1 Å². The van der Waals surface area contributed by atoms with E-state index in [2.05, 4.69) is 6.58 Å². The molecule has 0 bridgehead atoms. The standard InChI is InChI=1S/C12H21NO2/c1-6-10(14)13(15)11(2,3)8-7-9-12(13,4)5/h6H,1,7-9H2,2-5H3. The summed E-state index contributed by atoms with van der Waals surface area (Å²) in [4.78, 5) is 11.9. The van der Waals surface area contributed by atoms with Gasteiger partial charge in [-0.1, -0.05) is 6.58 Å². The molecule has 0 radical (unpaired) electrons. The van der Waals surface area contributed by atoms with E-state index in [1.165, 1.54) is 6.08 Å². The van der Waals surface area contributed by atoms with E-state index < -0.39 is 21.6 Å². The zero-order valence-electron chi connectivity index (χ0n) is 10.2. The van der Waals surface area contributed by atoms with Gasteiger partial charge in [-0.2, -0.15) is 0 Å². The van der Waals surface area contributed by atoms with Crippen molar-refractivity contribution >= 4 is 5.91 Å². The van der Waals surface area contributed by atoms with Crippen LogP contribution in [0.5, 0.6) is 0 Å². The topological polar surface area (TPSA) is 40.1 Å². The minimum atomic E-state index is -0.774. The van der Waals surface area contributed by atoms with Gasteiger partial charge in [0.2, 0.25) is 0 Å². The van der Waals surface area contributed by atoms with E-state index in [1.54, 1.807) is 0 Å². The van der Waals surface area contributed by atoms with E-state index in [-0.39, 0.29) is 0 Å². The van der Waals surface area contributed by atoms with E-state index in [9.17, 15) is 10.0 Å². The third-order valence-corrected chi connectivity index (χ3v) is 3.77. The summed E-state index contributed by atoms with van der Waals surface area (Å²) in [7, 11) is 0. The van der Waals surface area contributed by atoms with Crippen LogP contribution in [0.25, 0.3) is 0 Å². The molecule has 0 atom stereocenters. The molecule has 0 N–H and O–H groups in total. The highest BCUT2D eigenvalue weighted by Gasteiger charge is 2.54. The minimum Gasteiger partial charge on any atom is -0.624 e. The predicted octanol–water partition coefficient (Wildman–Crippen LogP) is 2.75. The summed E-state index contributed by atoms with van der Waals surface area (Å²) in [6, 6.07) is 0. The monoisotopic (exact) mass is 211 g/mol. The molecule has 0 unspecified atom stereocenters. The first kappa shape index (κ1) is 12.4. The molecule has 1 fully saturated rings. The van der Waals surface area contributed by atoms with Crippen LogP contribution in [-0.4, -0.2) is 21.6 Å². The fourth-order valence-electron chi connectivity index (χ4n) is 2.81. The highest BCUT2D eigenvalue weighted by Crippen LogP contribution is 2.45. The van der Waals surface area contributed by atoms with Crippen molar-refractivity contribution in [3.63, 3.8) is 0 Å². The Morgan fingerprint density at radius 3 is 2.00 bits per heavy atom. The van der Waals surface area contributed by atoms with Crippen LogP contribution < -0.4 is 0 Å². The molecule has 1 saturated heterocycles. The maximum absolute atomic E-state index is 12.9. The quantitative estimate of drug-likeness (QED) is 0.380. The van der Waals surface area contributed by atoms with Crippen LogP contribution in [0.2, 0.25) is 0 Å². The summed E-state index contributed by atoms with van der Waals surface area (Å²) < 4.78 is -0.774. The number of carbonyl (C=O) groups is 1. The van der Waals surface area contributed by atoms with Crippen molar-refractivity contribution in [2.24, 2.45) is 0 Å². The van der Waals surface area contributed by atoms with Gasteiger partial charge in [-0.3, -0.25) is 4.65 Å². The lowest BCUT2D eigenvalue weighted by molar-refractivity contribution is -0.908. The van der Waals surface area contributed by atoms with Gasteiger partial charge in [0.05, 0.1) is 0 Å². The van der Waals surface area contributed by atoms with Gasteiger partial charge in [-0.15, -0.1) is 0 Å². The lowest BCUT2D eigenvalue weighted by Gasteiger charge is -2.62. The van der Waals surface area contributed by atoms with Gasteiger partial charge in [0.15, 0.2) is 0 Å². The number of hydrogen-bond donors (Lipinski definition) is 0. The first-order valence-electron chi connectivity index (χ1n) is 5.46. The van der Waals surface area contributed by atoms with Crippen molar-refractivity contribution in [2.75, 3.05) is 0 Å². The van der Waals surface area contributed by atoms with Crippen molar-refractivity contribution < 1.29 is 9.44 Å². The molecule has 1 aliphatic rings. The number of quaternary nitrogens is 1. The zero-order valence-corrected chi connectivity index (χ0v) is 10.2. The van der Waals surface area contributed by atoms with Gasteiger partial charge in [0.1, 0.15) is 11.1 Å². The molecule has 86 valence electrons. The van der Waals surface area contributed by atoms with Gasteiger partial charge in [-0.25, -0.2) is 4.79 Å². The van der Waals surface area contributed by atoms with Gasteiger partial charge in [0.25, 0.3) is 0 Å². The summed E-state index contributed by atoms with van der Waals surface area (Å²) in [6.07, 6.45) is 3.76. The first-order valence-corrected chi connectivity index (χ1v) is 5.46. The third-order valence-electron chi connectivity index (χ3n) is 3.77. The van der Waals surface area contributed by atoms with E-state index >= 15 is 0 Å². The highest BCUT2D eigenvalue weighted by molar-refractivity contribution is 5.81. The Hall–Kier alpha value is -0.670. The number of likely N-dealkylation sites (tertiary alicyclic amines) is 1. The van der Waals surface area contributed by atoms with E-state index in [0.29, 0.717) is 0 Å². The molecule has 0 aromatic carbocycles. The number of nitrogens with zero attached hydrogens (tertiary/aromatic N) is 1. The summed E-state index contributed by atoms with van der Waals surface area (Å²) >= 11 is 0. The van der Waals surface area contributed by atoms with Crippen LogP contribution in [0.1, 0.15) is 47.0 Å². The fourth-order valence-corrected chi connectivity index (χ4v) is 2.81. The molecule has 15 heavy (non-hydrogen) atoms. The Morgan fingerprint density at radius 2 is 1.67 bits per heavy atom. The van der Waals surface area contributed by atoms with Crippen molar-refractivity contribution in [1.29, 1.82) is 0 Å². The van der Waals surface area contributed by atoms with E-state index in [4.69, 9.17) is 0 Å². The summed E-state index contributed by atoms with van der Waals surface area (Å²) in [5, 5.41) is 12.9. The number of piperidine rings is 1. The third kappa shape index (κ3) is 1.54. The number of rotatable bonds is 1. The molecule has 0 spiro atoms. The average Bonchev–Trinajstić information content (AvgIpc) is 2.12. The Labute approximate surface area is 91.9 Å². The van der Waals surface area contributed by atoms with Crippen molar-refractivity contribution in [3.8, 4) is 0 Å². The molecule has 1 amide bonds. The Bertz CT molecular complexity index is 276. The number of hydroxylamine groups is 3. The second kappa shape index (κ2) is 3.42. The number of hydrogen-bond acceptors (Lipinski definition) is 2. The smallest absolute Gasteiger partial charge is 0.338 e. The fraction of sp³-hybridized carbons (Fsp3) is 0.750. The van der Waals surface area contributed by atoms with Crippen LogP contribution in [0.3, 0.4) is 0 Å². The minimum absolute atomic E-state index is 0.412. The molecule has 1 rings (SSSR count). The Kier molecular flexibility index (Phi) is 2.83. The van der Waals surface area contributed by atoms with E-state index in [0.717, 1.165) is 19.3 Å². The zero-order chi connectivity index (χ0) is 11.9. The molecular weight excluding hydrogens is 190 g/mol. The van der Waals surface area contributed by atoms with Crippen LogP contribution in [0, 0.1) is 5.21 Å². The van der Waals surface area contributed by atoms with Gasteiger partial charge >= 0.3 is 5.91 Å². The molecule has 0 aromatic heterocycles. The number of carbonyl (C=O) groups excluding carboxylic acids is 1.